The van der Waals surface area contributed by atoms with Gasteiger partial charge >= 0.3 is 5.97 Å². The molecule has 1 amide bonds. The van der Waals surface area contributed by atoms with Gasteiger partial charge in [-0.2, -0.15) is 0 Å². The number of hydrogen-bond donors (Lipinski definition) is 1. The van der Waals surface area contributed by atoms with Crippen LogP contribution in [0.2, 0.25) is 0 Å². The van der Waals surface area contributed by atoms with Crippen molar-refractivity contribution in [3.05, 3.63) is 65.2 Å². The van der Waals surface area contributed by atoms with Gasteiger partial charge in [-0.15, -0.1) is 0 Å². The molecule has 2 aromatic rings. The number of ether oxygens (including phenoxy) is 2. The molecular formula is C20H21NO4. The fraction of sp³-hybridized carbons (Fsp3) is 0.200. The van der Waals surface area contributed by atoms with E-state index in [1.54, 1.807) is 37.5 Å². The van der Waals surface area contributed by atoms with Gasteiger partial charge in [-0.1, -0.05) is 11.6 Å². The molecule has 0 aliphatic carbocycles. The number of hydrogen-bond acceptors (Lipinski definition) is 4. The molecule has 0 fully saturated rings. The molecule has 5 nitrogen and oxygen atoms in total. The number of benzene rings is 2. The summed E-state index contributed by atoms with van der Waals surface area (Å²) in [4.78, 5) is 23.6. The number of rotatable bonds is 6. The molecule has 1 N–H and O–H groups in total. The Kier molecular flexibility index (Phi) is 6.34. The van der Waals surface area contributed by atoms with Crippen molar-refractivity contribution < 1.29 is 19.1 Å². The third-order valence-electron chi connectivity index (χ3n) is 3.46. The Balaban J connectivity index is 2.03. The van der Waals surface area contributed by atoms with Gasteiger partial charge < -0.3 is 14.8 Å². The SMILES string of the molecule is CCNC(=O)c1ccc(OC(=O)/C=C/c2cc(C)ccc2OC)cc1. The van der Waals surface area contributed by atoms with Crippen LogP contribution in [-0.4, -0.2) is 25.5 Å². The summed E-state index contributed by atoms with van der Waals surface area (Å²) in [6, 6.07) is 12.1. The quantitative estimate of drug-likeness (QED) is 0.498. The molecule has 0 unspecified atom stereocenters. The molecule has 0 heterocycles. The number of esters is 1. The predicted molar refractivity (Wildman–Crippen MR) is 96.8 cm³/mol. The minimum Gasteiger partial charge on any atom is -0.496 e. The van der Waals surface area contributed by atoms with Crippen molar-refractivity contribution >= 4 is 18.0 Å². The van der Waals surface area contributed by atoms with Gasteiger partial charge in [-0.25, -0.2) is 4.79 Å². The van der Waals surface area contributed by atoms with Crippen molar-refractivity contribution in [3.63, 3.8) is 0 Å². The van der Waals surface area contributed by atoms with Gasteiger partial charge in [0.2, 0.25) is 0 Å². The maximum absolute atomic E-state index is 12.0. The molecule has 130 valence electrons. The Hall–Kier alpha value is -3.08. The Morgan fingerprint density at radius 1 is 1.12 bits per heavy atom. The third kappa shape index (κ3) is 5.21. The fourth-order valence-corrected chi connectivity index (χ4v) is 2.23. The summed E-state index contributed by atoms with van der Waals surface area (Å²) in [5.41, 5.74) is 2.38. The van der Waals surface area contributed by atoms with Crippen LogP contribution in [0.4, 0.5) is 0 Å². The summed E-state index contributed by atoms with van der Waals surface area (Å²) >= 11 is 0. The van der Waals surface area contributed by atoms with Crippen LogP contribution in [0.25, 0.3) is 6.08 Å². The highest BCUT2D eigenvalue weighted by Crippen LogP contribution is 2.21. The number of carbonyl (C=O) groups excluding carboxylic acids is 2. The van der Waals surface area contributed by atoms with E-state index in [1.165, 1.54) is 6.08 Å². The van der Waals surface area contributed by atoms with Gasteiger partial charge in [-0.3, -0.25) is 4.79 Å². The summed E-state index contributed by atoms with van der Waals surface area (Å²) in [5, 5.41) is 2.71. The number of methoxy groups -OCH3 is 1. The molecule has 0 atom stereocenters. The Labute approximate surface area is 147 Å². The van der Waals surface area contributed by atoms with E-state index in [0.717, 1.165) is 11.1 Å². The van der Waals surface area contributed by atoms with E-state index in [0.29, 0.717) is 23.6 Å². The molecule has 25 heavy (non-hydrogen) atoms. The maximum atomic E-state index is 12.0. The molecular weight excluding hydrogens is 318 g/mol. The van der Waals surface area contributed by atoms with Crippen LogP contribution in [0.15, 0.2) is 48.5 Å². The zero-order valence-corrected chi connectivity index (χ0v) is 14.5. The summed E-state index contributed by atoms with van der Waals surface area (Å²) < 4.78 is 10.5. The average Bonchev–Trinajstić information content (AvgIpc) is 2.61. The highest BCUT2D eigenvalue weighted by molar-refractivity contribution is 5.94. The van der Waals surface area contributed by atoms with Crippen LogP contribution < -0.4 is 14.8 Å². The zero-order valence-electron chi connectivity index (χ0n) is 14.5. The molecule has 0 saturated heterocycles. The van der Waals surface area contributed by atoms with Gasteiger partial charge in [0.15, 0.2) is 0 Å². The molecule has 0 aromatic heterocycles. The van der Waals surface area contributed by atoms with Crippen LogP contribution in [0.1, 0.15) is 28.4 Å². The van der Waals surface area contributed by atoms with Crippen molar-refractivity contribution in [1.82, 2.24) is 5.32 Å². The van der Waals surface area contributed by atoms with E-state index in [1.807, 2.05) is 32.0 Å². The van der Waals surface area contributed by atoms with E-state index in [-0.39, 0.29) is 5.91 Å². The Morgan fingerprint density at radius 3 is 2.48 bits per heavy atom. The first-order chi connectivity index (χ1) is 12.0. The van der Waals surface area contributed by atoms with E-state index in [9.17, 15) is 9.59 Å². The lowest BCUT2D eigenvalue weighted by Gasteiger charge is -2.06. The van der Waals surface area contributed by atoms with Gasteiger partial charge in [0.1, 0.15) is 11.5 Å². The Bertz CT molecular complexity index is 779. The normalized spacial score (nSPS) is 10.5. The van der Waals surface area contributed by atoms with Crippen molar-refractivity contribution in [2.24, 2.45) is 0 Å². The van der Waals surface area contributed by atoms with Crippen LogP contribution >= 0.6 is 0 Å². The van der Waals surface area contributed by atoms with Gasteiger partial charge in [0, 0.05) is 23.7 Å². The second-order valence-electron chi connectivity index (χ2n) is 5.38. The van der Waals surface area contributed by atoms with Crippen molar-refractivity contribution in [2.45, 2.75) is 13.8 Å². The van der Waals surface area contributed by atoms with Gasteiger partial charge in [0.05, 0.1) is 7.11 Å². The van der Waals surface area contributed by atoms with Gasteiger partial charge in [-0.05, 0) is 56.3 Å². The number of nitrogens with one attached hydrogen (secondary N) is 1. The molecule has 0 aliphatic rings. The number of carbonyl (C=O) groups is 2. The van der Waals surface area contributed by atoms with E-state index < -0.39 is 5.97 Å². The maximum Gasteiger partial charge on any atom is 0.336 e. The summed E-state index contributed by atoms with van der Waals surface area (Å²) in [7, 11) is 1.58. The Morgan fingerprint density at radius 2 is 1.84 bits per heavy atom. The highest BCUT2D eigenvalue weighted by atomic mass is 16.5. The van der Waals surface area contributed by atoms with Crippen LogP contribution in [0.3, 0.4) is 0 Å². The molecule has 0 radical (unpaired) electrons. The molecule has 2 rings (SSSR count). The van der Waals surface area contributed by atoms with Crippen LogP contribution in [0.5, 0.6) is 11.5 Å². The fourth-order valence-electron chi connectivity index (χ4n) is 2.23. The van der Waals surface area contributed by atoms with E-state index in [4.69, 9.17) is 9.47 Å². The molecule has 5 heteroatoms. The first kappa shape index (κ1) is 18.3. The lowest BCUT2D eigenvalue weighted by atomic mass is 10.1. The second kappa shape index (κ2) is 8.68. The monoisotopic (exact) mass is 339 g/mol. The summed E-state index contributed by atoms with van der Waals surface area (Å²) in [6.07, 6.45) is 2.99. The first-order valence-corrected chi connectivity index (χ1v) is 7.96. The summed E-state index contributed by atoms with van der Waals surface area (Å²) in [5.74, 6) is 0.390. The van der Waals surface area contributed by atoms with Crippen LogP contribution in [-0.2, 0) is 4.79 Å². The van der Waals surface area contributed by atoms with Crippen molar-refractivity contribution in [2.75, 3.05) is 13.7 Å². The van der Waals surface area contributed by atoms with Crippen molar-refractivity contribution in [1.29, 1.82) is 0 Å². The molecule has 2 aromatic carbocycles. The first-order valence-electron chi connectivity index (χ1n) is 7.96. The largest absolute Gasteiger partial charge is 0.496 e. The van der Waals surface area contributed by atoms with Gasteiger partial charge in [0.25, 0.3) is 5.91 Å². The smallest absolute Gasteiger partial charge is 0.336 e. The second-order valence-corrected chi connectivity index (χ2v) is 5.38. The number of amides is 1. The zero-order chi connectivity index (χ0) is 18.2. The summed E-state index contributed by atoms with van der Waals surface area (Å²) in [6.45, 7) is 4.37. The number of aryl methyl sites for hydroxylation is 1. The molecule has 0 bridgehead atoms. The third-order valence-corrected chi connectivity index (χ3v) is 3.46. The van der Waals surface area contributed by atoms with Crippen LogP contribution in [0, 0.1) is 6.92 Å². The minimum atomic E-state index is -0.505. The topological polar surface area (TPSA) is 64.6 Å². The van der Waals surface area contributed by atoms with E-state index >= 15 is 0 Å². The molecule has 0 saturated carbocycles. The lowest BCUT2D eigenvalue weighted by Crippen LogP contribution is -2.22. The van der Waals surface area contributed by atoms with Crippen molar-refractivity contribution in [3.8, 4) is 11.5 Å². The predicted octanol–water partition coefficient (Wildman–Crippen LogP) is 3.37. The average molecular weight is 339 g/mol. The highest BCUT2D eigenvalue weighted by Gasteiger charge is 2.06. The minimum absolute atomic E-state index is 0.160. The molecule has 0 aliphatic heterocycles. The molecule has 0 spiro atoms. The standard InChI is InChI=1S/C20H21NO4/c1-4-21-20(23)15-6-9-17(10-7-15)25-19(22)12-8-16-13-14(2)5-11-18(16)24-3/h5-13H,4H2,1-3H3,(H,21,23)/b12-8+. The van der Waals surface area contributed by atoms with E-state index in [2.05, 4.69) is 5.32 Å². The lowest BCUT2D eigenvalue weighted by molar-refractivity contribution is -0.128.